The molecule has 1 fully saturated rings. The zero-order valence-corrected chi connectivity index (χ0v) is 10.4. The van der Waals surface area contributed by atoms with Crippen molar-refractivity contribution in [2.45, 2.75) is 32.7 Å². The van der Waals surface area contributed by atoms with Crippen LogP contribution in [0.4, 0.5) is 0 Å². The Kier molecular flexibility index (Phi) is 3.25. The van der Waals surface area contributed by atoms with Gasteiger partial charge in [0.2, 0.25) is 0 Å². The second-order valence-electron chi connectivity index (χ2n) is 5.40. The van der Waals surface area contributed by atoms with Crippen LogP contribution in [0.1, 0.15) is 32.2 Å². The van der Waals surface area contributed by atoms with Gasteiger partial charge in [0.1, 0.15) is 5.69 Å². The molecule has 2 N–H and O–H groups in total. The molecule has 0 amide bonds. The first-order valence-electron chi connectivity index (χ1n) is 5.90. The van der Waals surface area contributed by atoms with Crippen LogP contribution in [-0.2, 0) is 12.0 Å². The maximum atomic E-state index is 4.28. The predicted octanol–water partition coefficient (Wildman–Crippen LogP) is 0.507. The highest BCUT2D eigenvalue weighted by atomic mass is 15.3. The summed E-state index contributed by atoms with van der Waals surface area (Å²) in [6.45, 7) is 11.8. The summed E-state index contributed by atoms with van der Waals surface area (Å²) in [5, 5.41) is 14.7. The van der Waals surface area contributed by atoms with Crippen molar-refractivity contribution in [2.24, 2.45) is 0 Å². The summed E-state index contributed by atoms with van der Waals surface area (Å²) in [5.41, 5.74) is 2.25. The van der Waals surface area contributed by atoms with Crippen molar-refractivity contribution < 1.29 is 0 Å². The highest BCUT2D eigenvalue weighted by Crippen LogP contribution is 2.22. The van der Waals surface area contributed by atoms with Gasteiger partial charge in [-0.2, -0.15) is 15.4 Å². The third kappa shape index (κ3) is 2.59. The van der Waals surface area contributed by atoms with Crippen LogP contribution >= 0.6 is 0 Å². The average Bonchev–Trinajstić information content (AvgIpc) is 2.67. The summed E-state index contributed by atoms with van der Waals surface area (Å²) in [7, 11) is 0. The second kappa shape index (κ2) is 4.51. The van der Waals surface area contributed by atoms with Crippen molar-refractivity contribution >= 4 is 0 Å². The van der Waals surface area contributed by atoms with Gasteiger partial charge >= 0.3 is 0 Å². The van der Waals surface area contributed by atoms with E-state index in [0.717, 1.165) is 44.1 Å². The molecular weight excluding hydrogens is 202 g/mol. The van der Waals surface area contributed by atoms with Gasteiger partial charge in [0.05, 0.1) is 5.69 Å². The zero-order chi connectivity index (χ0) is 11.6. The fourth-order valence-electron chi connectivity index (χ4n) is 2.04. The molecule has 5 nitrogen and oxygen atoms in total. The standard InChI is InChI=1S/C11H21N5/c1-11(2,3)10-9(13-15-14-10)8-16-6-4-12-5-7-16/h12H,4-8H2,1-3H3,(H,13,14,15). The predicted molar refractivity (Wildman–Crippen MR) is 63.2 cm³/mol. The largest absolute Gasteiger partial charge is 0.314 e. The van der Waals surface area contributed by atoms with E-state index < -0.39 is 0 Å². The van der Waals surface area contributed by atoms with Gasteiger partial charge in [-0.25, -0.2) is 0 Å². The lowest BCUT2D eigenvalue weighted by molar-refractivity contribution is 0.229. The third-order valence-corrected chi connectivity index (χ3v) is 2.91. The molecule has 1 aliphatic rings. The molecule has 1 saturated heterocycles. The van der Waals surface area contributed by atoms with E-state index >= 15 is 0 Å². The molecule has 0 radical (unpaired) electrons. The Morgan fingerprint density at radius 1 is 1.19 bits per heavy atom. The minimum absolute atomic E-state index is 0.0658. The van der Waals surface area contributed by atoms with E-state index in [9.17, 15) is 0 Å². The van der Waals surface area contributed by atoms with Crippen molar-refractivity contribution in [1.82, 2.24) is 25.6 Å². The van der Waals surface area contributed by atoms with Crippen LogP contribution in [-0.4, -0.2) is 46.5 Å². The Balaban J connectivity index is 2.06. The van der Waals surface area contributed by atoms with E-state index in [-0.39, 0.29) is 5.41 Å². The first kappa shape index (κ1) is 11.5. The molecular formula is C11H21N5. The molecule has 2 heterocycles. The molecule has 16 heavy (non-hydrogen) atoms. The van der Waals surface area contributed by atoms with Gasteiger partial charge in [-0.05, 0) is 0 Å². The summed E-state index contributed by atoms with van der Waals surface area (Å²) < 4.78 is 0. The number of aromatic amines is 1. The van der Waals surface area contributed by atoms with Crippen LogP contribution in [0, 0.1) is 0 Å². The van der Waals surface area contributed by atoms with Crippen LogP contribution < -0.4 is 5.32 Å². The smallest absolute Gasteiger partial charge is 0.100 e. The van der Waals surface area contributed by atoms with Crippen LogP contribution in [0.5, 0.6) is 0 Å². The molecule has 0 bridgehead atoms. The van der Waals surface area contributed by atoms with Crippen molar-refractivity contribution in [2.75, 3.05) is 26.2 Å². The molecule has 0 saturated carbocycles. The first-order chi connectivity index (χ1) is 7.57. The van der Waals surface area contributed by atoms with E-state index in [4.69, 9.17) is 0 Å². The van der Waals surface area contributed by atoms with Crippen LogP contribution in [0.25, 0.3) is 0 Å². The summed E-state index contributed by atoms with van der Waals surface area (Å²) in [6, 6.07) is 0. The molecule has 0 aliphatic carbocycles. The number of hydrogen-bond donors (Lipinski definition) is 2. The van der Waals surface area contributed by atoms with Crippen LogP contribution in [0.3, 0.4) is 0 Å². The molecule has 1 aliphatic heterocycles. The number of piperazine rings is 1. The number of H-pyrrole nitrogens is 1. The summed E-state index contributed by atoms with van der Waals surface area (Å²) in [6.07, 6.45) is 0. The summed E-state index contributed by atoms with van der Waals surface area (Å²) >= 11 is 0. The van der Waals surface area contributed by atoms with Crippen molar-refractivity contribution in [3.8, 4) is 0 Å². The van der Waals surface area contributed by atoms with Gasteiger partial charge in [-0.15, -0.1) is 0 Å². The Labute approximate surface area is 96.6 Å². The normalized spacial score (nSPS) is 18.9. The van der Waals surface area contributed by atoms with Crippen molar-refractivity contribution in [3.63, 3.8) is 0 Å². The lowest BCUT2D eigenvalue weighted by Gasteiger charge is -2.27. The Hall–Kier alpha value is -0.940. The van der Waals surface area contributed by atoms with Crippen LogP contribution in [0.15, 0.2) is 0 Å². The molecule has 0 aromatic carbocycles. The van der Waals surface area contributed by atoms with Crippen LogP contribution in [0.2, 0.25) is 0 Å². The van der Waals surface area contributed by atoms with E-state index in [1.54, 1.807) is 0 Å². The quantitative estimate of drug-likeness (QED) is 0.767. The maximum absolute atomic E-state index is 4.28. The highest BCUT2D eigenvalue weighted by Gasteiger charge is 2.23. The van der Waals surface area contributed by atoms with Crippen molar-refractivity contribution in [3.05, 3.63) is 11.4 Å². The first-order valence-corrected chi connectivity index (χ1v) is 5.90. The molecule has 0 unspecified atom stereocenters. The number of nitrogens with zero attached hydrogens (tertiary/aromatic N) is 3. The third-order valence-electron chi connectivity index (χ3n) is 2.91. The van der Waals surface area contributed by atoms with Gasteiger partial charge in [0.15, 0.2) is 0 Å². The molecule has 2 rings (SSSR count). The van der Waals surface area contributed by atoms with Gasteiger partial charge < -0.3 is 5.32 Å². The number of aromatic nitrogens is 3. The fraction of sp³-hybridized carbons (Fsp3) is 0.818. The Morgan fingerprint density at radius 2 is 1.88 bits per heavy atom. The minimum Gasteiger partial charge on any atom is -0.314 e. The highest BCUT2D eigenvalue weighted by molar-refractivity contribution is 5.17. The van der Waals surface area contributed by atoms with E-state index in [2.05, 4.69) is 46.4 Å². The minimum atomic E-state index is 0.0658. The molecule has 0 atom stereocenters. The second-order valence-corrected chi connectivity index (χ2v) is 5.40. The number of rotatable bonds is 2. The molecule has 1 aromatic heterocycles. The van der Waals surface area contributed by atoms with E-state index in [0.29, 0.717) is 0 Å². The van der Waals surface area contributed by atoms with E-state index in [1.165, 1.54) is 0 Å². The van der Waals surface area contributed by atoms with Gasteiger partial charge in [0, 0.05) is 38.1 Å². The Morgan fingerprint density at radius 3 is 2.50 bits per heavy atom. The van der Waals surface area contributed by atoms with Gasteiger partial charge in [-0.3, -0.25) is 4.90 Å². The molecule has 90 valence electrons. The Bertz CT molecular complexity index is 332. The molecule has 0 spiro atoms. The SMILES string of the molecule is CC(C)(C)c1n[nH]nc1CN1CCNCC1. The lowest BCUT2D eigenvalue weighted by Crippen LogP contribution is -2.43. The van der Waals surface area contributed by atoms with Crippen molar-refractivity contribution in [1.29, 1.82) is 0 Å². The number of nitrogens with one attached hydrogen (secondary N) is 2. The monoisotopic (exact) mass is 223 g/mol. The summed E-state index contributed by atoms with van der Waals surface area (Å²) in [5.74, 6) is 0. The lowest BCUT2D eigenvalue weighted by atomic mass is 9.90. The van der Waals surface area contributed by atoms with Gasteiger partial charge in [-0.1, -0.05) is 20.8 Å². The van der Waals surface area contributed by atoms with E-state index in [1.807, 2.05) is 0 Å². The summed E-state index contributed by atoms with van der Waals surface area (Å²) in [4.78, 5) is 2.42. The molecule has 1 aromatic rings. The number of hydrogen-bond acceptors (Lipinski definition) is 4. The topological polar surface area (TPSA) is 56.8 Å². The zero-order valence-electron chi connectivity index (χ0n) is 10.4. The molecule has 5 heteroatoms. The maximum Gasteiger partial charge on any atom is 0.100 e. The van der Waals surface area contributed by atoms with Gasteiger partial charge in [0.25, 0.3) is 0 Å². The fourth-order valence-corrected chi connectivity index (χ4v) is 2.04. The average molecular weight is 223 g/mol.